The number of unbranched alkanes of at least 4 members (excludes halogenated alkanes) is 2. The molecule has 4 heteroatoms. The molecule has 0 fully saturated rings. The van der Waals surface area contributed by atoms with Gasteiger partial charge in [-0.3, -0.25) is 0 Å². The highest BCUT2D eigenvalue weighted by atomic mass is 35.5. The number of rotatable bonds is 7. The Labute approximate surface area is 107 Å². The summed E-state index contributed by atoms with van der Waals surface area (Å²) >= 11 is 5.82. The summed E-state index contributed by atoms with van der Waals surface area (Å²) in [6.45, 7) is 1.67. The van der Waals surface area contributed by atoms with Gasteiger partial charge in [0.25, 0.3) is 0 Å². The fraction of sp³-hybridized carbons (Fsp3) is 0.462. The molecule has 0 aliphatic carbocycles. The van der Waals surface area contributed by atoms with Crippen LogP contribution in [0.15, 0.2) is 18.2 Å². The summed E-state index contributed by atoms with van der Waals surface area (Å²) in [5.41, 5.74) is 1.44. The number of hydrogen-bond acceptors (Lipinski definition) is 3. The van der Waals surface area contributed by atoms with E-state index in [9.17, 15) is 0 Å². The topological polar surface area (TPSA) is 45.0 Å². The van der Waals surface area contributed by atoms with E-state index in [0.717, 1.165) is 38.1 Å². The molecule has 0 bridgehead atoms. The largest absolute Gasteiger partial charge is 0.385 e. The van der Waals surface area contributed by atoms with Crippen LogP contribution in [0.25, 0.3) is 0 Å². The first-order chi connectivity index (χ1) is 8.27. The van der Waals surface area contributed by atoms with Crippen molar-refractivity contribution in [1.29, 1.82) is 5.26 Å². The molecule has 0 saturated carbocycles. The lowest BCUT2D eigenvalue weighted by molar-refractivity contribution is 0.192. The maximum Gasteiger partial charge on any atom is 0.101 e. The van der Waals surface area contributed by atoms with E-state index in [1.54, 1.807) is 19.2 Å². The average Bonchev–Trinajstić information content (AvgIpc) is 2.35. The summed E-state index contributed by atoms with van der Waals surface area (Å²) in [5, 5.41) is 12.8. The SMILES string of the molecule is COCCCCCNc1ccc(Cl)cc1C#N. The second kappa shape index (κ2) is 7.94. The van der Waals surface area contributed by atoms with E-state index in [1.165, 1.54) is 0 Å². The molecule has 92 valence electrons. The monoisotopic (exact) mass is 252 g/mol. The molecular weight excluding hydrogens is 236 g/mol. The van der Waals surface area contributed by atoms with E-state index in [4.69, 9.17) is 21.6 Å². The van der Waals surface area contributed by atoms with Crippen molar-refractivity contribution in [1.82, 2.24) is 0 Å². The Hall–Kier alpha value is -1.24. The van der Waals surface area contributed by atoms with Crippen LogP contribution in [-0.2, 0) is 4.74 Å². The summed E-state index contributed by atoms with van der Waals surface area (Å²) in [4.78, 5) is 0. The zero-order chi connectivity index (χ0) is 12.5. The lowest BCUT2D eigenvalue weighted by Crippen LogP contribution is -2.03. The van der Waals surface area contributed by atoms with Crippen molar-refractivity contribution in [3.05, 3.63) is 28.8 Å². The van der Waals surface area contributed by atoms with Crippen LogP contribution in [0.3, 0.4) is 0 Å². The molecule has 0 amide bonds. The number of hydrogen-bond donors (Lipinski definition) is 1. The Morgan fingerprint density at radius 1 is 1.35 bits per heavy atom. The molecule has 1 aromatic rings. The van der Waals surface area contributed by atoms with Gasteiger partial charge in [-0.05, 0) is 37.5 Å². The minimum absolute atomic E-state index is 0.590. The van der Waals surface area contributed by atoms with E-state index in [1.807, 2.05) is 6.07 Å². The number of ether oxygens (including phenoxy) is 1. The quantitative estimate of drug-likeness (QED) is 0.756. The first-order valence-corrected chi connectivity index (χ1v) is 6.08. The third-order valence-corrected chi connectivity index (χ3v) is 2.68. The van der Waals surface area contributed by atoms with Gasteiger partial charge >= 0.3 is 0 Å². The fourth-order valence-corrected chi connectivity index (χ4v) is 1.71. The van der Waals surface area contributed by atoms with Gasteiger partial charge in [0.05, 0.1) is 11.3 Å². The minimum atomic E-state index is 0.590. The number of nitrogens with zero attached hydrogens (tertiary/aromatic N) is 1. The Morgan fingerprint density at radius 3 is 2.88 bits per heavy atom. The van der Waals surface area contributed by atoms with E-state index in [0.29, 0.717) is 10.6 Å². The van der Waals surface area contributed by atoms with Gasteiger partial charge in [-0.25, -0.2) is 0 Å². The number of benzene rings is 1. The van der Waals surface area contributed by atoms with Gasteiger partial charge in [0.1, 0.15) is 6.07 Å². The molecule has 0 aliphatic heterocycles. The van der Waals surface area contributed by atoms with Gasteiger partial charge in [-0.15, -0.1) is 0 Å². The van der Waals surface area contributed by atoms with Crippen molar-refractivity contribution in [2.75, 3.05) is 25.6 Å². The Morgan fingerprint density at radius 2 is 2.18 bits per heavy atom. The molecule has 1 N–H and O–H groups in total. The van der Waals surface area contributed by atoms with E-state index in [-0.39, 0.29) is 0 Å². The molecule has 0 aromatic heterocycles. The molecule has 0 radical (unpaired) electrons. The molecule has 1 rings (SSSR count). The summed E-state index contributed by atoms with van der Waals surface area (Å²) < 4.78 is 4.98. The molecule has 3 nitrogen and oxygen atoms in total. The maximum atomic E-state index is 8.95. The van der Waals surface area contributed by atoms with Crippen molar-refractivity contribution in [3.63, 3.8) is 0 Å². The van der Waals surface area contributed by atoms with Gasteiger partial charge in [0.15, 0.2) is 0 Å². The number of nitriles is 1. The zero-order valence-corrected chi connectivity index (χ0v) is 10.8. The van der Waals surface area contributed by atoms with Gasteiger partial charge in [0, 0.05) is 25.3 Å². The standard InChI is InChI=1S/C13H17ClN2O/c1-17-8-4-2-3-7-16-13-6-5-12(14)9-11(13)10-15/h5-6,9,16H,2-4,7-8H2,1H3. The summed E-state index contributed by atoms with van der Waals surface area (Å²) in [6.07, 6.45) is 3.26. The van der Waals surface area contributed by atoms with Crippen LogP contribution in [0.2, 0.25) is 5.02 Å². The molecule has 1 aromatic carbocycles. The molecular formula is C13H17ClN2O. The van der Waals surface area contributed by atoms with Crippen LogP contribution in [0.4, 0.5) is 5.69 Å². The van der Waals surface area contributed by atoms with E-state index >= 15 is 0 Å². The molecule has 17 heavy (non-hydrogen) atoms. The van der Waals surface area contributed by atoms with Crippen molar-refractivity contribution in [2.24, 2.45) is 0 Å². The zero-order valence-electron chi connectivity index (χ0n) is 10.0. The number of nitrogens with one attached hydrogen (secondary N) is 1. The van der Waals surface area contributed by atoms with Crippen LogP contribution in [-0.4, -0.2) is 20.3 Å². The second-order valence-corrected chi connectivity index (χ2v) is 4.22. The first kappa shape index (κ1) is 13.8. The second-order valence-electron chi connectivity index (χ2n) is 3.78. The highest BCUT2D eigenvalue weighted by molar-refractivity contribution is 6.30. The predicted octanol–water partition coefficient (Wildman–Crippen LogP) is 3.44. The maximum absolute atomic E-state index is 8.95. The van der Waals surface area contributed by atoms with Crippen LogP contribution >= 0.6 is 11.6 Å². The average molecular weight is 253 g/mol. The molecule has 0 heterocycles. The highest BCUT2D eigenvalue weighted by Gasteiger charge is 2.01. The predicted molar refractivity (Wildman–Crippen MR) is 70.4 cm³/mol. The number of methoxy groups -OCH3 is 1. The molecule has 0 atom stereocenters. The lowest BCUT2D eigenvalue weighted by Gasteiger charge is -2.08. The fourth-order valence-electron chi connectivity index (χ4n) is 1.53. The van der Waals surface area contributed by atoms with Crippen molar-refractivity contribution in [3.8, 4) is 6.07 Å². The Bertz CT molecular complexity index is 387. The first-order valence-electron chi connectivity index (χ1n) is 5.70. The highest BCUT2D eigenvalue weighted by Crippen LogP contribution is 2.19. The van der Waals surface area contributed by atoms with E-state index < -0.39 is 0 Å². The minimum Gasteiger partial charge on any atom is -0.385 e. The van der Waals surface area contributed by atoms with Gasteiger partial charge in [-0.2, -0.15) is 5.26 Å². The van der Waals surface area contributed by atoms with Crippen molar-refractivity contribution < 1.29 is 4.74 Å². The smallest absolute Gasteiger partial charge is 0.101 e. The van der Waals surface area contributed by atoms with Gasteiger partial charge < -0.3 is 10.1 Å². The van der Waals surface area contributed by atoms with Crippen LogP contribution in [0.5, 0.6) is 0 Å². The van der Waals surface area contributed by atoms with Crippen molar-refractivity contribution >= 4 is 17.3 Å². The lowest BCUT2D eigenvalue weighted by atomic mass is 10.2. The number of anilines is 1. The Kier molecular flexibility index (Phi) is 6.46. The summed E-state index contributed by atoms with van der Waals surface area (Å²) in [7, 11) is 1.71. The Balaban J connectivity index is 2.34. The van der Waals surface area contributed by atoms with Gasteiger partial charge in [-0.1, -0.05) is 11.6 Å². The normalized spacial score (nSPS) is 9.94. The third kappa shape index (κ3) is 5.08. The molecule has 0 aliphatic rings. The molecule has 0 unspecified atom stereocenters. The van der Waals surface area contributed by atoms with Crippen LogP contribution in [0, 0.1) is 11.3 Å². The molecule has 0 spiro atoms. The third-order valence-electron chi connectivity index (χ3n) is 2.44. The summed E-state index contributed by atoms with van der Waals surface area (Å²) in [5.74, 6) is 0. The number of halogens is 1. The van der Waals surface area contributed by atoms with Gasteiger partial charge in [0.2, 0.25) is 0 Å². The van der Waals surface area contributed by atoms with Crippen molar-refractivity contribution in [2.45, 2.75) is 19.3 Å². The van der Waals surface area contributed by atoms with E-state index in [2.05, 4.69) is 11.4 Å². The van der Waals surface area contributed by atoms with Crippen LogP contribution < -0.4 is 5.32 Å². The van der Waals surface area contributed by atoms with Crippen LogP contribution in [0.1, 0.15) is 24.8 Å². The summed E-state index contributed by atoms with van der Waals surface area (Å²) in [6, 6.07) is 7.44. The molecule has 0 saturated heterocycles.